The van der Waals surface area contributed by atoms with E-state index < -0.39 is 0 Å². The second-order valence-electron chi connectivity index (χ2n) is 6.48. The molecule has 0 saturated carbocycles. The van der Waals surface area contributed by atoms with Gasteiger partial charge >= 0.3 is 0 Å². The number of amides is 1. The average molecular weight is 344 g/mol. The monoisotopic (exact) mass is 344 g/mol. The summed E-state index contributed by atoms with van der Waals surface area (Å²) in [6.45, 7) is 3.04. The quantitative estimate of drug-likeness (QED) is 0.824. The minimum Gasteiger partial charge on any atom is -0.480 e. The number of rotatable bonds is 4. The Bertz CT molecular complexity index is 764. The summed E-state index contributed by atoms with van der Waals surface area (Å²) < 4.78 is 16.7. The van der Waals surface area contributed by atoms with Crippen LogP contribution in [0.3, 0.4) is 0 Å². The highest BCUT2D eigenvalue weighted by molar-refractivity contribution is 5.96. The molecule has 2 aromatic rings. The number of hydrogen-bond acceptors (Lipinski definition) is 7. The van der Waals surface area contributed by atoms with E-state index in [0.717, 1.165) is 6.42 Å². The zero-order chi connectivity index (χ0) is 17.4. The number of fused-ring (bicyclic) bond motifs is 1. The van der Waals surface area contributed by atoms with Crippen LogP contribution in [0.2, 0.25) is 0 Å². The number of pyridine rings is 1. The number of carbonyl (C=O) groups excluding carboxylic acids is 1. The molecule has 2 aliphatic heterocycles. The molecule has 25 heavy (non-hydrogen) atoms. The van der Waals surface area contributed by atoms with E-state index in [1.165, 1.54) is 7.11 Å². The van der Waals surface area contributed by atoms with Gasteiger partial charge in [0.15, 0.2) is 0 Å². The van der Waals surface area contributed by atoms with Gasteiger partial charge in [-0.25, -0.2) is 4.98 Å². The van der Waals surface area contributed by atoms with Gasteiger partial charge in [0.05, 0.1) is 25.7 Å². The van der Waals surface area contributed by atoms with E-state index in [9.17, 15) is 4.79 Å². The zero-order valence-corrected chi connectivity index (χ0v) is 14.2. The lowest BCUT2D eigenvalue weighted by Crippen LogP contribution is -2.32. The third kappa shape index (κ3) is 3.09. The van der Waals surface area contributed by atoms with Crippen molar-refractivity contribution in [2.45, 2.75) is 32.0 Å². The Kier molecular flexibility index (Phi) is 4.12. The van der Waals surface area contributed by atoms with E-state index >= 15 is 0 Å². The van der Waals surface area contributed by atoms with E-state index in [-0.39, 0.29) is 18.1 Å². The first kappa shape index (κ1) is 16.0. The molecule has 2 aliphatic rings. The lowest BCUT2D eigenvalue weighted by atomic mass is 10.0. The summed E-state index contributed by atoms with van der Waals surface area (Å²) in [6, 6.07) is 3.48. The number of ether oxygens (including phenoxy) is 2. The molecule has 0 bridgehead atoms. The molecule has 3 atom stereocenters. The molecule has 4 heterocycles. The van der Waals surface area contributed by atoms with Crippen LogP contribution in [-0.2, 0) is 11.2 Å². The maximum absolute atomic E-state index is 12.8. The molecule has 0 unspecified atom stereocenters. The standard InChI is InChI=1S/C17H20N4O4/c1-10-19-20-15(24-10)7-12-6-11-8-21(9-14(11)25-12)17(22)13-4-3-5-18-16(13)23-2/h3-5,11-12,14H,6-9H2,1-2H3/t11-,12+,14+/m1/s1. The number of carbonyl (C=O) groups is 1. The van der Waals surface area contributed by atoms with Gasteiger partial charge in [-0.3, -0.25) is 4.79 Å². The molecular formula is C17H20N4O4. The van der Waals surface area contributed by atoms with Crippen molar-refractivity contribution in [3.8, 4) is 5.88 Å². The fraction of sp³-hybridized carbons (Fsp3) is 0.529. The van der Waals surface area contributed by atoms with E-state index in [0.29, 0.717) is 48.7 Å². The normalized spacial score (nSPS) is 25.2. The summed E-state index contributed by atoms with van der Waals surface area (Å²) >= 11 is 0. The molecule has 4 rings (SSSR count). The van der Waals surface area contributed by atoms with Crippen molar-refractivity contribution in [3.63, 3.8) is 0 Å². The van der Waals surface area contributed by atoms with Crippen LogP contribution in [0.5, 0.6) is 5.88 Å². The molecule has 2 fully saturated rings. The first-order valence-electron chi connectivity index (χ1n) is 8.36. The highest BCUT2D eigenvalue weighted by atomic mass is 16.5. The topological polar surface area (TPSA) is 90.6 Å². The molecule has 132 valence electrons. The predicted octanol–water partition coefficient (Wildman–Crippen LogP) is 1.25. The lowest BCUT2D eigenvalue weighted by molar-refractivity contribution is 0.0335. The van der Waals surface area contributed by atoms with Crippen LogP contribution >= 0.6 is 0 Å². The summed E-state index contributed by atoms with van der Waals surface area (Å²) in [7, 11) is 1.52. The van der Waals surface area contributed by atoms with Crippen LogP contribution in [0.1, 0.15) is 28.6 Å². The maximum Gasteiger partial charge on any atom is 0.259 e. The molecule has 8 heteroatoms. The summed E-state index contributed by atoms with van der Waals surface area (Å²) in [5, 5.41) is 7.87. The van der Waals surface area contributed by atoms with Crippen molar-refractivity contribution in [1.82, 2.24) is 20.1 Å². The van der Waals surface area contributed by atoms with Crippen molar-refractivity contribution >= 4 is 5.91 Å². The van der Waals surface area contributed by atoms with Crippen LogP contribution in [-0.4, -0.2) is 58.4 Å². The van der Waals surface area contributed by atoms with E-state index in [2.05, 4.69) is 15.2 Å². The first-order valence-corrected chi connectivity index (χ1v) is 8.36. The summed E-state index contributed by atoms with van der Waals surface area (Å²) in [4.78, 5) is 18.7. The minimum absolute atomic E-state index is 0.0561. The van der Waals surface area contributed by atoms with Crippen LogP contribution in [0.15, 0.2) is 22.7 Å². The van der Waals surface area contributed by atoms with Gasteiger partial charge in [0.25, 0.3) is 5.91 Å². The highest BCUT2D eigenvalue weighted by Crippen LogP contribution is 2.35. The van der Waals surface area contributed by atoms with Crippen LogP contribution < -0.4 is 4.74 Å². The van der Waals surface area contributed by atoms with Gasteiger partial charge in [-0.1, -0.05) is 0 Å². The van der Waals surface area contributed by atoms with Crippen molar-refractivity contribution < 1.29 is 18.7 Å². The maximum atomic E-state index is 12.8. The number of aryl methyl sites for hydroxylation is 1. The largest absolute Gasteiger partial charge is 0.480 e. The van der Waals surface area contributed by atoms with Gasteiger partial charge in [0, 0.05) is 32.1 Å². The third-order valence-electron chi connectivity index (χ3n) is 4.77. The van der Waals surface area contributed by atoms with Gasteiger partial charge in [-0.05, 0) is 18.6 Å². The third-order valence-corrected chi connectivity index (χ3v) is 4.77. The SMILES string of the molecule is COc1ncccc1C(=O)N1C[C@H]2C[C@@H](Cc3nnc(C)o3)O[C@H]2C1. The van der Waals surface area contributed by atoms with E-state index in [1.807, 2.05) is 4.90 Å². The average Bonchev–Trinajstić information content (AvgIpc) is 3.29. The van der Waals surface area contributed by atoms with Crippen LogP contribution in [0, 0.1) is 12.8 Å². The summed E-state index contributed by atoms with van der Waals surface area (Å²) in [5.74, 6) is 1.80. The summed E-state index contributed by atoms with van der Waals surface area (Å²) in [6.07, 6.45) is 3.25. The Labute approximate surface area is 145 Å². The molecule has 2 aromatic heterocycles. The number of likely N-dealkylation sites (tertiary alicyclic amines) is 1. The van der Waals surface area contributed by atoms with Crippen LogP contribution in [0.25, 0.3) is 0 Å². The molecule has 0 spiro atoms. The zero-order valence-electron chi connectivity index (χ0n) is 14.2. The van der Waals surface area contributed by atoms with Crippen molar-refractivity contribution in [1.29, 1.82) is 0 Å². The Morgan fingerprint density at radius 1 is 1.40 bits per heavy atom. The van der Waals surface area contributed by atoms with Crippen molar-refractivity contribution in [2.24, 2.45) is 5.92 Å². The number of hydrogen-bond donors (Lipinski definition) is 0. The lowest BCUT2D eigenvalue weighted by Gasteiger charge is -2.19. The molecule has 8 nitrogen and oxygen atoms in total. The molecule has 0 N–H and O–H groups in total. The molecule has 2 saturated heterocycles. The molecular weight excluding hydrogens is 324 g/mol. The van der Waals surface area contributed by atoms with Gasteiger partial charge < -0.3 is 18.8 Å². The second kappa shape index (κ2) is 6.44. The molecule has 0 aromatic carbocycles. The van der Waals surface area contributed by atoms with Gasteiger partial charge in [0.2, 0.25) is 17.7 Å². The Balaban J connectivity index is 1.38. The van der Waals surface area contributed by atoms with Crippen molar-refractivity contribution in [2.75, 3.05) is 20.2 Å². The Morgan fingerprint density at radius 3 is 3.00 bits per heavy atom. The van der Waals surface area contributed by atoms with Gasteiger partial charge in [-0.2, -0.15) is 0 Å². The molecule has 0 aliphatic carbocycles. The number of methoxy groups -OCH3 is 1. The van der Waals surface area contributed by atoms with E-state index in [1.54, 1.807) is 25.3 Å². The highest BCUT2D eigenvalue weighted by Gasteiger charge is 2.44. The predicted molar refractivity (Wildman–Crippen MR) is 86.2 cm³/mol. The van der Waals surface area contributed by atoms with Gasteiger partial charge in [-0.15, -0.1) is 10.2 Å². The van der Waals surface area contributed by atoms with E-state index in [4.69, 9.17) is 13.9 Å². The summed E-state index contributed by atoms with van der Waals surface area (Å²) in [5.41, 5.74) is 0.489. The number of aromatic nitrogens is 3. The second-order valence-corrected chi connectivity index (χ2v) is 6.48. The molecule has 1 amide bonds. The smallest absolute Gasteiger partial charge is 0.259 e. The fourth-order valence-corrected chi connectivity index (χ4v) is 3.66. The van der Waals surface area contributed by atoms with Gasteiger partial charge in [0.1, 0.15) is 5.56 Å². The molecule has 0 radical (unpaired) electrons. The first-order chi connectivity index (χ1) is 12.1. The Hall–Kier alpha value is -2.48. The fourth-order valence-electron chi connectivity index (χ4n) is 3.66. The number of nitrogens with zero attached hydrogens (tertiary/aromatic N) is 4. The minimum atomic E-state index is -0.0629. The Morgan fingerprint density at radius 2 is 2.28 bits per heavy atom. The van der Waals surface area contributed by atoms with Crippen LogP contribution in [0.4, 0.5) is 0 Å². The van der Waals surface area contributed by atoms with Crippen molar-refractivity contribution in [3.05, 3.63) is 35.7 Å².